The van der Waals surface area contributed by atoms with E-state index in [0.717, 1.165) is 52.0 Å². The molecule has 0 spiro atoms. The zero-order valence-corrected chi connectivity index (χ0v) is 10.8. The fourth-order valence-electron chi connectivity index (χ4n) is 2.77. The predicted molar refractivity (Wildman–Crippen MR) is 70.8 cm³/mol. The van der Waals surface area contributed by atoms with Gasteiger partial charge in [-0.15, -0.1) is 0 Å². The summed E-state index contributed by atoms with van der Waals surface area (Å²) in [5.74, 6) is 0.422. The Hall–Kier alpha value is -0.390. The Morgan fingerprint density at radius 1 is 1.41 bits per heavy atom. The maximum atomic E-state index is 11.8. The summed E-state index contributed by atoms with van der Waals surface area (Å²) in [5.41, 5.74) is 0. The molecule has 1 N–H and O–H groups in total. The minimum absolute atomic E-state index is 0.154. The van der Waals surface area contributed by atoms with Crippen LogP contribution in [0, 0.1) is 0 Å². The third-order valence-corrected chi connectivity index (χ3v) is 5.07. The van der Waals surface area contributed by atoms with E-state index in [1.165, 1.54) is 5.04 Å². The van der Waals surface area contributed by atoms with Crippen molar-refractivity contribution in [3.05, 3.63) is 0 Å². The Morgan fingerprint density at radius 3 is 3.00 bits per heavy atom. The van der Waals surface area contributed by atoms with Crippen LogP contribution in [0.2, 0.25) is 0 Å². The number of ketones is 1. The molecule has 2 fully saturated rings. The number of rotatable bonds is 2. The Morgan fingerprint density at radius 2 is 2.24 bits per heavy atom. The Kier molecular flexibility index (Phi) is 3.49. The van der Waals surface area contributed by atoms with Gasteiger partial charge in [0.15, 0.2) is 0 Å². The number of fused-ring (bicyclic) bond motifs is 1. The molecule has 3 aliphatic rings. The SMILES string of the molecule is O=C1CCCC2N=C(CN3CCNCC3)SC12. The first-order chi connectivity index (χ1) is 8.33. The van der Waals surface area contributed by atoms with E-state index in [9.17, 15) is 4.79 Å². The van der Waals surface area contributed by atoms with Gasteiger partial charge in [0.1, 0.15) is 5.78 Å². The predicted octanol–water partition coefficient (Wildman–Crippen LogP) is 0.527. The molecule has 3 rings (SSSR count). The Balaban J connectivity index is 1.59. The molecule has 17 heavy (non-hydrogen) atoms. The Bertz CT molecular complexity index is 339. The minimum Gasteiger partial charge on any atom is -0.314 e. The third kappa shape index (κ3) is 2.56. The molecule has 1 aliphatic carbocycles. The van der Waals surface area contributed by atoms with Crippen molar-refractivity contribution in [2.75, 3.05) is 32.7 Å². The van der Waals surface area contributed by atoms with Crippen molar-refractivity contribution in [3.63, 3.8) is 0 Å². The fraction of sp³-hybridized carbons (Fsp3) is 0.833. The highest BCUT2D eigenvalue weighted by Gasteiger charge is 2.38. The molecule has 0 radical (unpaired) electrons. The van der Waals surface area contributed by atoms with Crippen molar-refractivity contribution in [2.45, 2.75) is 30.6 Å². The van der Waals surface area contributed by atoms with E-state index in [1.54, 1.807) is 11.8 Å². The van der Waals surface area contributed by atoms with Crippen LogP contribution < -0.4 is 5.32 Å². The number of hydrogen-bond acceptors (Lipinski definition) is 5. The molecule has 2 unspecified atom stereocenters. The summed E-state index contributed by atoms with van der Waals surface area (Å²) in [6, 6.07) is 0.291. The molecule has 4 nitrogen and oxygen atoms in total. The third-order valence-electron chi connectivity index (χ3n) is 3.73. The first-order valence-corrected chi connectivity index (χ1v) is 7.40. The maximum Gasteiger partial charge on any atom is 0.148 e. The van der Waals surface area contributed by atoms with Crippen LogP contribution >= 0.6 is 11.8 Å². The number of hydrogen-bond donors (Lipinski definition) is 1. The van der Waals surface area contributed by atoms with Crippen LogP contribution in [-0.4, -0.2) is 59.7 Å². The zero-order valence-electron chi connectivity index (χ0n) is 10.0. The van der Waals surface area contributed by atoms with Crippen LogP contribution in [0.5, 0.6) is 0 Å². The molecule has 94 valence electrons. The molecule has 2 heterocycles. The molecular weight excluding hydrogens is 234 g/mol. The normalized spacial score (nSPS) is 34.6. The fourth-order valence-corrected chi connectivity index (χ4v) is 4.12. The summed E-state index contributed by atoms with van der Waals surface area (Å²) in [5, 5.41) is 4.70. The number of aliphatic imine (C=N–C) groups is 1. The number of Topliss-reactive ketones (excluding diaryl/α,β-unsaturated/α-hetero) is 1. The van der Waals surface area contributed by atoms with Gasteiger partial charge >= 0.3 is 0 Å². The van der Waals surface area contributed by atoms with Crippen molar-refractivity contribution in [2.24, 2.45) is 4.99 Å². The average molecular weight is 253 g/mol. The van der Waals surface area contributed by atoms with Crippen molar-refractivity contribution in [1.29, 1.82) is 0 Å². The summed E-state index contributed by atoms with van der Waals surface area (Å²) in [6.07, 6.45) is 2.91. The molecule has 0 bridgehead atoms. The lowest BCUT2D eigenvalue weighted by Gasteiger charge is -2.26. The molecule has 2 aliphatic heterocycles. The molecule has 0 aromatic heterocycles. The number of nitrogens with zero attached hydrogens (tertiary/aromatic N) is 2. The van der Waals surface area contributed by atoms with E-state index in [0.29, 0.717) is 11.8 Å². The highest BCUT2D eigenvalue weighted by molar-refractivity contribution is 8.15. The van der Waals surface area contributed by atoms with Gasteiger partial charge in [0.2, 0.25) is 0 Å². The van der Waals surface area contributed by atoms with Gasteiger partial charge in [-0.05, 0) is 12.8 Å². The Labute approximate surface area is 106 Å². The summed E-state index contributed by atoms with van der Waals surface area (Å²) < 4.78 is 0. The minimum atomic E-state index is 0.154. The topological polar surface area (TPSA) is 44.7 Å². The van der Waals surface area contributed by atoms with Gasteiger partial charge in [0, 0.05) is 39.1 Å². The summed E-state index contributed by atoms with van der Waals surface area (Å²) >= 11 is 1.73. The highest BCUT2D eigenvalue weighted by Crippen LogP contribution is 2.35. The summed E-state index contributed by atoms with van der Waals surface area (Å²) in [7, 11) is 0. The van der Waals surface area contributed by atoms with Gasteiger partial charge in [0.05, 0.1) is 16.3 Å². The van der Waals surface area contributed by atoms with Crippen molar-refractivity contribution in [1.82, 2.24) is 10.2 Å². The lowest BCUT2D eigenvalue weighted by molar-refractivity contribution is -0.119. The molecule has 1 saturated heterocycles. The van der Waals surface area contributed by atoms with Crippen LogP contribution in [-0.2, 0) is 4.79 Å². The van der Waals surface area contributed by atoms with Crippen LogP contribution in [0.3, 0.4) is 0 Å². The maximum absolute atomic E-state index is 11.8. The largest absolute Gasteiger partial charge is 0.314 e. The number of piperazine rings is 1. The zero-order chi connectivity index (χ0) is 11.7. The smallest absolute Gasteiger partial charge is 0.148 e. The van der Waals surface area contributed by atoms with E-state index in [4.69, 9.17) is 4.99 Å². The second-order valence-electron chi connectivity index (χ2n) is 5.01. The lowest BCUT2D eigenvalue weighted by atomic mass is 9.94. The second kappa shape index (κ2) is 5.08. The highest BCUT2D eigenvalue weighted by atomic mass is 32.2. The monoisotopic (exact) mass is 253 g/mol. The van der Waals surface area contributed by atoms with Gasteiger partial charge in [-0.25, -0.2) is 0 Å². The number of nitrogens with one attached hydrogen (secondary N) is 1. The van der Waals surface area contributed by atoms with E-state index in [1.807, 2.05) is 0 Å². The molecular formula is C12H19N3OS. The first-order valence-electron chi connectivity index (χ1n) is 6.52. The number of carbonyl (C=O) groups is 1. The van der Waals surface area contributed by atoms with Gasteiger partial charge in [-0.1, -0.05) is 11.8 Å². The molecule has 1 saturated carbocycles. The first kappa shape index (κ1) is 11.7. The molecule has 0 aromatic rings. The summed E-state index contributed by atoms with van der Waals surface area (Å²) in [6.45, 7) is 5.30. The second-order valence-corrected chi connectivity index (χ2v) is 6.23. The van der Waals surface area contributed by atoms with E-state index in [-0.39, 0.29) is 5.25 Å². The average Bonchev–Trinajstić information content (AvgIpc) is 2.74. The van der Waals surface area contributed by atoms with Gasteiger partial charge in [0.25, 0.3) is 0 Å². The lowest BCUT2D eigenvalue weighted by Crippen LogP contribution is -2.45. The van der Waals surface area contributed by atoms with Gasteiger partial charge in [-0.3, -0.25) is 14.7 Å². The van der Waals surface area contributed by atoms with Crippen LogP contribution in [0.25, 0.3) is 0 Å². The van der Waals surface area contributed by atoms with Gasteiger partial charge in [-0.2, -0.15) is 0 Å². The quantitative estimate of drug-likeness (QED) is 0.779. The molecule has 2 atom stereocenters. The van der Waals surface area contributed by atoms with Crippen molar-refractivity contribution in [3.8, 4) is 0 Å². The molecule has 0 aromatic carbocycles. The molecule has 5 heteroatoms. The van der Waals surface area contributed by atoms with Crippen molar-refractivity contribution < 1.29 is 4.79 Å². The summed E-state index contributed by atoms with van der Waals surface area (Å²) in [4.78, 5) is 19.0. The van der Waals surface area contributed by atoms with Crippen molar-refractivity contribution >= 4 is 22.6 Å². The van der Waals surface area contributed by atoms with E-state index in [2.05, 4.69) is 10.2 Å². The number of carbonyl (C=O) groups excluding carboxylic acids is 1. The number of thioether (sulfide) groups is 1. The van der Waals surface area contributed by atoms with Crippen LogP contribution in [0.1, 0.15) is 19.3 Å². The molecule has 0 amide bonds. The van der Waals surface area contributed by atoms with E-state index < -0.39 is 0 Å². The van der Waals surface area contributed by atoms with Crippen LogP contribution in [0.4, 0.5) is 0 Å². The standard InChI is InChI=1S/C12H19N3OS/c16-10-3-1-2-9-12(10)17-11(14-9)8-15-6-4-13-5-7-15/h9,12-13H,1-8H2. The van der Waals surface area contributed by atoms with Crippen LogP contribution in [0.15, 0.2) is 4.99 Å². The van der Waals surface area contributed by atoms with Gasteiger partial charge < -0.3 is 5.32 Å². The van der Waals surface area contributed by atoms with E-state index >= 15 is 0 Å².